The maximum absolute atomic E-state index is 5.35. The maximum atomic E-state index is 5.35. The third-order valence-corrected chi connectivity index (χ3v) is 4.57. The lowest BCUT2D eigenvalue weighted by atomic mass is 10.1. The first-order chi connectivity index (χ1) is 11.3. The van der Waals surface area contributed by atoms with Crippen molar-refractivity contribution in [2.75, 3.05) is 26.0 Å². The SMILES string of the molecule is COc1ccccc1CCNC(=S)NCCSc1ccccc1. The number of hydrogen-bond donors (Lipinski definition) is 2. The summed E-state index contributed by atoms with van der Waals surface area (Å²) >= 11 is 7.12. The van der Waals surface area contributed by atoms with Crippen LogP contribution < -0.4 is 15.4 Å². The summed E-state index contributed by atoms with van der Waals surface area (Å²) in [5.74, 6) is 1.91. The lowest BCUT2D eigenvalue weighted by Crippen LogP contribution is -2.37. The van der Waals surface area contributed by atoms with E-state index in [0.717, 1.165) is 31.0 Å². The van der Waals surface area contributed by atoms with Gasteiger partial charge in [-0.3, -0.25) is 0 Å². The fourth-order valence-electron chi connectivity index (χ4n) is 2.13. The van der Waals surface area contributed by atoms with Gasteiger partial charge in [0.1, 0.15) is 5.75 Å². The van der Waals surface area contributed by atoms with Crippen LogP contribution in [0.5, 0.6) is 5.75 Å². The van der Waals surface area contributed by atoms with Crippen LogP contribution in [0.4, 0.5) is 0 Å². The van der Waals surface area contributed by atoms with Crippen molar-refractivity contribution in [2.24, 2.45) is 0 Å². The van der Waals surface area contributed by atoms with Gasteiger partial charge in [0.2, 0.25) is 0 Å². The number of benzene rings is 2. The monoisotopic (exact) mass is 346 g/mol. The molecule has 0 aromatic heterocycles. The molecule has 0 heterocycles. The summed E-state index contributed by atoms with van der Waals surface area (Å²) in [7, 11) is 1.70. The molecule has 122 valence electrons. The fourth-order valence-corrected chi connectivity index (χ4v) is 3.13. The summed E-state index contributed by atoms with van der Waals surface area (Å²) in [4.78, 5) is 1.28. The second-order valence-corrected chi connectivity index (χ2v) is 6.48. The second-order valence-electron chi connectivity index (χ2n) is 4.91. The highest BCUT2D eigenvalue weighted by Crippen LogP contribution is 2.17. The largest absolute Gasteiger partial charge is 0.496 e. The number of thiocarbonyl (C=S) groups is 1. The molecule has 0 aliphatic rings. The molecular weight excluding hydrogens is 324 g/mol. The Morgan fingerprint density at radius 1 is 1.00 bits per heavy atom. The molecule has 2 rings (SSSR count). The average Bonchev–Trinajstić information content (AvgIpc) is 2.60. The molecule has 0 fully saturated rings. The van der Waals surface area contributed by atoms with E-state index in [9.17, 15) is 0 Å². The first kappa shape index (κ1) is 17.6. The van der Waals surface area contributed by atoms with Crippen LogP contribution in [0, 0.1) is 0 Å². The maximum Gasteiger partial charge on any atom is 0.166 e. The smallest absolute Gasteiger partial charge is 0.166 e. The number of thioether (sulfide) groups is 1. The summed E-state index contributed by atoms with van der Waals surface area (Å²) in [5.41, 5.74) is 1.19. The topological polar surface area (TPSA) is 33.3 Å². The van der Waals surface area contributed by atoms with Crippen molar-refractivity contribution < 1.29 is 4.74 Å². The summed E-state index contributed by atoms with van der Waals surface area (Å²) in [6, 6.07) is 18.4. The van der Waals surface area contributed by atoms with Crippen molar-refractivity contribution in [1.82, 2.24) is 10.6 Å². The molecule has 0 aliphatic carbocycles. The number of nitrogens with one attached hydrogen (secondary N) is 2. The lowest BCUT2D eigenvalue weighted by molar-refractivity contribution is 0.409. The predicted octanol–water partition coefficient (Wildman–Crippen LogP) is 3.49. The molecule has 2 aromatic carbocycles. The fraction of sp³-hybridized carbons (Fsp3) is 0.278. The Bertz CT molecular complexity index is 605. The van der Waals surface area contributed by atoms with Gasteiger partial charge in [0.05, 0.1) is 7.11 Å². The van der Waals surface area contributed by atoms with Gasteiger partial charge in [-0.2, -0.15) is 0 Å². The van der Waals surface area contributed by atoms with Crippen molar-refractivity contribution in [3.8, 4) is 5.75 Å². The van der Waals surface area contributed by atoms with Gasteiger partial charge >= 0.3 is 0 Å². The quantitative estimate of drug-likeness (QED) is 0.434. The number of methoxy groups -OCH3 is 1. The summed E-state index contributed by atoms with van der Waals surface area (Å²) < 4.78 is 5.35. The van der Waals surface area contributed by atoms with Crippen molar-refractivity contribution in [3.05, 3.63) is 60.2 Å². The van der Waals surface area contributed by atoms with E-state index >= 15 is 0 Å². The molecule has 0 aliphatic heterocycles. The molecule has 23 heavy (non-hydrogen) atoms. The highest BCUT2D eigenvalue weighted by Gasteiger charge is 2.02. The number of hydrogen-bond acceptors (Lipinski definition) is 3. The molecule has 2 aromatic rings. The lowest BCUT2D eigenvalue weighted by Gasteiger charge is -2.12. The normalized spacial score (nSPS) is 10.1. The highest BCUT2D eigenvalue weighted by atomic mass is 32.2. The molecular formula is C18H22N2OS2. The third kappa shape index (κ3) is 6.50. The minimum absolute atomic E-state index is 0.702. The number of rotatable bonds is 8. The number of ether oxygens (including phenoxy) is 1. The molecule has 0 radical (unpaired) electrons. The molecule has 0 saturated heterocycles. The molecule has 0 amide bonds. The van der Waals surface area contributed by atoms with Crippen LogP contribution in [-0.4, -0.2) is 31.1 Å². The van der Waals surface area contributed by atoms with E-state index in [1.54, 1.807) is 7.11 Å². The van der Waals surface area contributed by atoms with Gasteiger partial charge in [0.15, 0.2) is 5.11 Å². The first-order valence-corrected chi connectivity index (χ1v) is 9.00. The van der Waals surface area contributed by atoms with Gasteiger partial charge in [0, 0.05) is 23.7 Å². The molecule has 0 unspecified atom stereocenters. The Hall–Kier alpha value is -1.72. The minimum Gasteiger partial charge on any atom is -0.496 e. The van der Waals surface area contributed by atoms with Gasteiger partial charge in [0.25, 0.3) is 0 Å². The summed E-state index contributed by atoms with van der Waals surface area (Å²) in [5, 5.41) is 7.18. The van der Waals surface area contributed by atoms with Gasteiger partial charge in [-0.15, -0.1) is 11.8 Å². The van der Waals surface area contributed by atoms with E-state index in [1.165, 1.54) is 10.5 Å². The van der Waals surface area contributed by atoms with E-state index in [2.05, 4.69) is 41.0 Å². The third-order valence-electron chi connectivity index (χ3n) is 3.27. The molecule has 5 heteroatoms. The van der Waals surface area contributed by atoms with Gasteiger partial charge in [-0.1, -0.05) is 36.4 Å². The average molecular weight is 347 g/mol. The summed E-state index contributed by atoms with van der Waals surface area (Å²) in [6.07, 6.45) is 0.880. The first-order valence-electron chi connectivity index (χ1n) is 7.61. The zero-order valence-corrected chi connectivity index (χ0v) is 14.9. The van der Waals surface area contributed by atoms with Crippen LogP contribution in [0.25, 0.3) is 0 Å². The van der Waals surface area contributed by atoms with E-state index in [1.807, 2.05) is 36.0 Å². The number of para-hydroxylation sites is 1. The van der Waals surface area contributed by atoms with Crippen molar-refractivity contribution in [1.29, 1.82) is 0 Å². The standard InChI is InChI=1S/C18H22N2OS2/c1-21-17-10-6-5-7-15(17)11-12-19-18(22)20-13-14-23-16-8-3-2-4-9-16/h2-10H,11-14H2,1H3,(H2,19,20,22). The Labute approximate surface area is 147 Å². The van der Waals surface area contributed by atoms with E-state index in [4.69, 9.17) is 17.0 Å². The van der Waals surface area contributed by atoms with Crippen molar-refractivity contribution >= 4 is 29.1 Å². The highest BCUT2D eigenvalue weighted by molar-refractivity contribution is 7.99. The van der Waals surface area contributed by atoms with Crippen LogP contribution in [0.2, 0.25) is 0 Å². The Kier molecular flexibility index (Phi) is 7.77. The van der Waals surface area contributed by atoms with E-state index in [-0.39, 0.29) is 0 Å². The molecule has 0 atom stereocenters. The van der Waals surface area contributed by atoms with Crippen molar-refractivity contribution in [3.63, 3.8) is 0 Å². The van der Waals surface area contributed by atoms with E-state index < -0.39 is 0 Å². The molecule has 0 spiro atoms. The molecule has 2 N–H and O–H groups in total. The molecule has 3 nitrogen and oxygen atoms in total. The molecule has 0 saturated carbocycles. The van der Waals surface area contributed by atoms with Gasteiger partial charge in [-0.25, -0.2) is 0 Å². The second kappa shape index (κ2) is 10.1. The zero-order valence-electron chi connectivity index (χ0n) is 13.2. The van der Waals surface area contributed by atoms with E-state index in [0.29, 0.717) is 5.11 Å². The minimum atomic E-state index is 0.702. The Morgan fingerprint density at radius 2 is 1.70 bits per heavy atom. The van der Waals surface area contributed by atoms with Crippen LogP contribution in [0.3, 0.4) is 0 Å². The van der Waals surface area contributed by atoms with Crippen LogP contribution in [0.15, 0.2) is 59.5 Å². The van der Waals surface area contributed by atoms with Crippen LogP contribution >= 0.6 is 24.0 Å². The van der Waals surface area contributed by atoms with Crippen LogP contribution in [0.1, 0.15) is 5.56 Å². The van der Waals surface area contributed by atoms with Gasteiger partial charge in [-0.05, 0) is 42.4 Å². The summed E-state index contributed by atoms with van der Waals surface area (Å²) in [6.45, 7) is 1.64. The predicted molar refractivity (Wildman–Crippen MR) is 102 cm³/mol. The van der Waals surface area contributed by atoms with Crippen LogP contribution in [-0.2, 0) is 6.42 Å². The Balaban J connectivity index is 1.60. The zero-order chi connectivity index (χ0) is 16.3. The van der Waals surface area contributed by atoms with Gasteiger partial charge < -0.3 is 15.4 Å². The molecule has 0 bridgehead atoms. The Morgan fingerprint density at radius 3 is 2.48 bits per heavy atom. The van der Waals surface area contributed by atoms with Crippen molar-refractivity contribution in [2.45, 2.75) is 11.3 Å².